The van der Waals surface area contributed by atoms with E-state index in [0.29, 0.717) is 19.5 Å². The molecule has 22 heavy (non-hydrogen) atoms. The van der Waals surface area contributed by atoms with Gasteiger partial charge in [0.25, 0.3) is 0 Å². The Labute approximate surface area is 131 Å². The minimum atomic E-state index is -0.787. The quantitative estimate of drug-likeness (QED) is 0.934. The van der Waals surface area contributed by atoms with Crippen LogP contribution in [0.3, 0.4) is 0 Å². The highest BCUT2D eigenvalue weighted by Gasteiger charge is 2.37. The number of hydrogen-bond acceptors (Lipinski definition) is 2. The van der Waals surface area contributed by atoms with E-state index in [0.717, 1.165) is 31.2 Å². The molecule has 1 amide bonds. The molecule has 0 aromatic heterocycles. The summed E-state index contributed by atoms with van der Waals surface area (Å²) in [5.41, 5.74) is 1.14. The molecule has 4 nitrogen and oxygen atoms in total. The zero-order valence-electron chi connectivity index (χ0n) is 12.8. The molecule has 118 valence electrons. The van der Waals surface area contributed by atoms with Gasteiger partial charge in [0.2, 0.25) is 5.91 Å². The van der Waals surface area contributed by atoms with Gasteiger partial charge in [-0.05, 0) is 24.8 Å². The Hall–Kier alpha value is -1.84. The van der Waals surface area contributed by atoms with E-state index in [-0.39, 0.29) is 17.7 Å². The van der Waals surface area contributed by atoms with Crippen molar-refractivity contribution in [2.24, 2.45) is 11.8 Å². The van der Waals surface area contributed by atoms with Gasteiger partial charge in [-0.1, -0.05) is 43.2 Å². The zero-order valence-corrected chi connectivity index (χ0v) is 12.8. The van der Waals surface area contributed by atoms with Crippen molar-refractivity contribution in [3.8, 4) is 0 Å². The molecule has 1 heterocycles. The molecule has 1 aliphatic carbocycles. The van der Waals surface area contributed by atoms with Crippen LogP contribution in [-0.4, -0.2) is 35.0 Å². The minimum absolute atomic E-state index is 0.115. The summed E-state index contributed by atoms with van der Waals surface area (Å²) in [7, 11) is 0. The lowest BCUT2D eigenvalue weighted by Gasteiger charge is -2.37. The van der Waals surface area contributed by atoms with Crippen molar-refractivity contribution in [2.75, 3.05) is 13.1 Å². The average Bonchev–Trinajstić information content (AvgIpc) is 3.09. The molecule has 0 spiro atoms. The first kappa shape index (κ1) is 15.1. The monoisotopic (exact) mass is 301 g/mol. The number of carbonyl (C=O) groups excluding carboxylic acids is 1. The lowest BCUT2D eigenvalue weighted by molar-refractivity contribution is -0.147. The number of carboxylic acid groups (broad SMARTS) is 1. The van der Waals surface area contributed by atoms with Crippen LogP contribution in [-0.2, 0) is 9.59 Å². The summed E-state index contributed by atoms with van der Waals surface area (Å²) in [6.07, 6.45) is 4.78. The summed E-state index contributed by atoms with van der Waals surface area (Å²) in [4.78, 5) is 26.0. The molecule has 1 aliphatic heterocycles. The minimum Gasteiger partial charge on any atom is -0.481 e. The van der Waals surface area contributed by atoms with Crippen molar-refractivity contribution in [3.05, 3.63) is 35.9 Å². The van der Waals surface area contributed by atoms with Crippen LogP contribution in [0.25, 0.3) is 0 Å². The van der Waals surface area contributed by atoms with Gasteiger partial charge < -0.3 is 10.0 Å². The molecule has 1 aromatic rings. The van der Waals surface area contributed by atoms with Gasteiger partial charge in [0.05, 0.1) is 5.92 Å². The fourth-order valence-electron chi connectivity index (χ4n) is 3.86. The highest BCUT2D eigenvalue weighted by Crippen LogP contribution is 2.33. The van der Waals surface area contributed by atoms with Crippen LogP contribution in [0.1, 0.15) is 43.6 Å². The summed E-state index contributed by atoms with van der Waals surface area (Å²) < 4.78 is 0. The van der Waals surface area contributed by atoms with Crippen molar-refractivity contribution < 1.29 is 14.7 Å². The second-order valence-electron chi connectivity index (χ2n) is 6.60. The van der Waals surface area contributed by atoms with Crippen molar-refractivity contribution in [1.29, 1.82) is 0 Å². The highest BCUT2D eigenvalue weighted by molar-refractivity contribution is 5.80. The molecule has 3 rings (SSSR count). The number of piperidine rings is 1. The average molecular weight is 301 g/mol. The first-order chi connectivity index (χ1) is 10.6. The number of aliphatic carboxylic acids is 1. The fraction of sp³-hybridized carbons (Fsp3) is 0.556. The molecule has 2 unspecified atom stereocenters. The van der Waals surface area contributed by atoms with E-state index in [2.05, 4.69) is 0 Å². The van der Waals surface area contributed by atoms with E-state index in [4.69, 9.17) is 0 Å². The fourth-order valence-corrected chi connectivity index (χ4v) is 3.86. The molecule has 1 saturated carbocycles. The molecular formula is C18H23NO3. The molecule has 2 fully saturated rings. The van der Waals surface area contributed by atoms with Crippen molar-refractivity contribution in [2.45, 2.75) is 38.0 Å². The van der Waals surface area contributed by atoms with Gasteiger partial charge in [0.1, 0.15) is 0 Å². The van der Waals surface area contributed by atoms with Gasteiger partial charge in [-0.25, -0.2) is 0 Å². The lowest BCUT2D eigenvalue weighted by atomic mass is 9.84. The largest absolute Gasteiger partial charge is 0.481 e. The Kier molecular flexibility index (Phi) is 4.46. The summed E-state index contributed by atoms with van der Waals surface area (Å²) in [5, 5.41) is 9.43. The zero-order chi connectivity index (χ0) is 15.5. The summed E-state index contributed by atoms with van der Waals surface area (Å²) in [6.45, 7) is 1.02. The maximum Gasteiger partial charge on any atom is 0.308 e. The number of hydrogen-bond donors (Lipinski definition) is 1. The molecule has 0 bridgehead atoms. The molecular weight excluding hydrogens is 278 g/mol. The van der Waals surface area contributed by atoms with Crippen molar-refractivity contribution in [3.63, 3.8) is 0 Å². The van der Waals surface area contributed by atoms with Crippen LogP contribution in [0.2, 0.25) is 0 Å². The standard InChI is InChI=1S/C18H23NO3/c20-17(14-8-4-5-9-14)19-11-15(10-16(12-19)18(21)22)13-6-2-1-3-7-13/h1-3,6-7,14-16H,4-5,8-12H2,(H,21,22). The number of benzene rings is 1. The van der Waals surface area contributed by atoms with Crippen molar-refractivity contribution in [1.82, 2.24) is 4.90 Å². The predicted molar refractivity (Wildman–Crippen MR) is 83.5 cm³/mol. The topological polar surface area (TPSA) is 57.6 Å². The van der Waals surface area contributed by atoms with Gasteiger partial charge in [0, 0.05) is 24.9 Å². The number of carbonyl (C=O) groups is 2. The van der Waals surface area contributed by atoms with Crippen LogP contribution in [0.15, 0.2) is 30.3 Å². The molecule has 1 saturated heterocycles. The molecule has 1 N–H and O–H groups in total. The SMILES string of the molecule is O=C(O)C1CC(c2ccccc2)CN(C(=O)C2CCCC2)C1. The molecule has 1 aromatic carbocycles. The number of rotatable bonds is 3. The summed E-state index contributed by atoms with van der Waals surface area (Å²) in [5.74, 6) is -0.830. The van der Waals surface area contributed by atoms with Crippen LogP contribution < -0.4 is 0 Å². The van der Waals surface area contributed by atoms with Crippen LogP contribution in [0.4, 0.5) is 0 Å². The number of amides is 1. The Morgan fingerprint density at radius 3 is 2.32 bits per heavy atom. The molecule has 4 heteroatoms. The van der Waals surface area contributed by atoms with Crippen LogP contribution in [0, 0.1) is 11.8 Å². The van der Waals surface area contributed by atoms with Gasteiger partial charge in [-0.3, -0.25) is 9.59 Å². The van der Waals surface area contributed by atoms with Gasteiger partial charge in [-0.2, -0.15) is 0 Å². The van der Waals surface area contributed by atoms with Gasteiger partial charge >= 0.3 is 5.97 Å². The third-order valence-corrected chi connectivity index (χ3v) is 5.09. The Morgan fingerprint density at radius 1 is 1.00 bits per heavy atom. The van der Waals surface area contributed by atoms with Crippen LogP contribution in [0.5, 0.6) is 0 Å². The number of carboxylic acids is 1. The third kappa shape index (κ3) is 3.16. The summed E-state index contributed by atoms with van der Waals surface area (Å²) in [6, 6.07) is 9.98. The number of nitrogens with zero attached hydrogens (tertiary/aromatic N) is 1. The maximum atomic E-state index is 12.7. The Balaban J connectivity index is 1.78. The second-order valence-corrected chi connectivity index (χ2v) is 6.60. The maximum absolute atomic E-state index is 12.7. The van der Waals surface area contributed by atoms with Gasteiger partial charge in [0.15, 0.2) is 0 Å². The highest BCUT2D eigenvalue weighted by atomic mass is 16.4. The van der Waals surface area contributed by atoms with E-state index in [9.17, 15) is 14.7 Å². The molecule has 2 aliphatic rings. The van der Waals surface area contributed by atoms with E-state index in [1.54, 1.807) is 0 Å². The van der Waals surface area contributed by atoms with E-state index >= 15 is 0 Å². The van der Waals surface area contributed by atoms with Gasteiger partial charge in [-0.15, -0.1) is 0 Å². The van der Waals surface area contributed by atoms with Crippen LogP contribution >= 0.6 is 0 Å². The van der Waals surface area contributed by atoms with E-state index in [1.807, 2.05) is 35.2 Å². The predicted octanol–water partition coefficient (Wildman–Crippen LogP) is 2.89. The third-order valence-electron chi connectivity index (χ3n) is 5.09. The van der Waals surface area contributed by atoms with Crippen molar-refractivity contribution >= 4 is 11.9 Å². The van der Waals surface area contributed by atoms with E-state index < -0.39 is 11.9 Å². The first-order valence-corrected chi connectivity index (χ1v) is 8.21. The normalized spacial score (nSPS) is 26.1. The smallest absolute Gasteiger partial charge is 0.308 e. The Bertz CT molecular complexity index is 537. The Morgan fingerprint density at radius 2 is 1.68 bits per heavy atom. The second kappa shape index (κ2) is 6.51. The molecule has 0 radical (unpaired) electrons. The molecule has 2 atom stereocenters. The first-order valence-electron chi connectivity index (χ1n) is 8.21. The lowest BCUT2D eigenvalue weighted by Crippen LogP contribution is -2.47. The summed E-state index contributed by atoms with van der Waals surface area (Å²) >= 11 is 0. The van der Waals surface area contributed by atoms with E-state index in [1.165, 1.54) is 0 Å². The number of likely N-dealkylation sites (tertiary alicyclic amines) is 1.